The molecule has 1 saturated heterocycles. The van der Waals surface area contributed by atoms with Crippen LogP contribution < -0.4 is 0 Å². The van der Waals surface area contributed by atoms with Crippen LogP contribution in [0, 0.1) is 0 Å². The molecule has 2 rings (SSSR count). The zero-order valence-electron chi connectivity index (χ0n) is 16.9. The fraction of sp³-hybridized carbons (Fsp3) is 0.667. The topological polar surface area (TPSA) is 87.1 Å². The summed E-state index contributed by atoms with van der Waals surface area (Å²) in [6, 6.07) is 8.83. The van der Waals surface area contributed by atoms with Crippen LogP contribution in [0.3, 0.4) is 0 Å². The Hall–Kier alpha value is -1.20. The number of unbranched alkanes of at least 4 members (excludes halogenated alkanes) is 4. The normalized spacial score (nSPS) is 17.2. The van der Waals surface area contributed by atoms with E-state index in [2.05, 4.69) is 35.7 Å². The summed E-state index contributed by atoms with van der Waals surface area (Å²) in [4.78, 5) is 31.6. The summed E-state index contributed by atoms with van der Waals surface area (Å²) < 4.78 is 15.6. The van der Waals surface area contributed by atoms with Gasteiger partial charge >= 0.3 is 7.82 Å². The number of phosphoric ester groups is 1. The lowest BCUT2D eigenvalue weighted by Gasteiger charge is -2.17. The molecule has 0 spiro atoms. The maximum absolute atomic E-state index is 12.2. The maximum Gasteiger partial charge on any atom is 0.469 e. The molecule has 1 fully saturated rings. The van der Waals surface area contributed by atoms with E-state index in [1.54, 1.807) is 4.90 Å². The van der Waals surface area contributed by atoms with Crippen molar-refractivity contribution in [3.05, 3.63) is 35.4 Å². The summed E-state index contributed by atoms with van der Waals surface area (Å²) >= 11 is 0. The van der Waals surface area contributed by atoms with Gasteiger partial charge in [0.2, 0.25) is 5.91 Å². The molecule has 1 heterocycles. The van der Waals surface area contributed by atoms with Gasteiger partial charge in [-0.15, -0.1) is 0 Å². The number of nitrogens with zero attached hydrogens (tertiary/aromatic N) is 1. The number of phosphoric acid groups is 1. The Bertz CT molecular complexity index is 643. The summed E-state index contributed by atoms with van der Waals surface area (Å²) in [5, 5.41) is 0. The van der Waals surface area contributed by atoms with Gasteiger partial charge in [0.25, 0.3) is 0 Å². The Kier molecular flexibility index (Phi) is 9.66. The number of benzene rings is 1. The molecular formula is C21H34NO5P. The third-order valence-corrected chi connectivity index (χ3v) is 5.80. The van der Waals surface area contributed by atoms with Crippen molar-refractivity contribution < 1.29 is 23.7 Å². The molecule has 1 aromatic carbocycles. The fourth-order valence-corrected chi connectivity index (χ4v) is 4.19. The summed E-state index contributed by atoms with van der Waals surface area (Å²) in [6.45, 7) is 3.00. The fourth-order valence-electron chi connectivity index (χ4n) is 3.63. The lowest BCUT2D eigenvalue weighted by atomic mass is 10.0. The van der Waals surface area contributed by atoms with E-state index >= 15 is 0 Å². The number of amides is 1. The van der Waals surface area contributed by atoms with Crippen molar-refractivity contribution in [2.45, 2.75) is 77.2 Å². The molecule has 1 amide bonds. The lowest BCUT2D eigenvalue weighted by molar-refractivity contribution is -0.130. The highest BCUT2D eigenvalue weighted by Crippen LogP contribution is 2.39. The molecule has 1 aliphatic rings. The first kappa shape index (κ1) is 23.1. The number of hydrogen-bond acceptors (Lipinski definition) is 3. The monoisotopic (exact) mass is 411 g/mol. The molecule has 0 saturated carbocycles. The van der Waals surface area contributed by atoms with Crippen LogP contribution in [0.15, 0.2) is 24.3 Å². The Morgan fingerprint density at radius 2 is 1.68 bits per heavy atom. The van der Waals surface area contributed by atoms with Crippen molar-refractivity contribution in [1.29, 1.82) is 0 Å². The maximum atomic E-state index is 12.2. The Morgan fingerprint density at radius 3 is 2.25 bits per heavy atom. The van der Waals surface area contributed by atoms with Crippen LogP contribution in [-0.4, -0.2) is 39.8 Å². The molecule has 1 atom stereocenters. The summed E-state index contributed by atoms with van der Waals surface area (Å²) in [5.41, 5.74) is 2.71. The Labute approximate surface area is 168 Å². The number of carbonyl (C=O) groups excluding carboxylic acids is 1. The zero-order valence-corrected chi connectivity index (χ0v) is 17.8. The third-order valence-electron chi connectivity index (χ3n) is 5.23. The zero-order chi connectivity index (χ0) is 20.4. The first-order valence-corrected chi connectivity index (χ1v) is 12.0. The summed E-state index contributed by atoms with van der Waals surface area (Å²) in [7, 11) is -4.48. The van der Waals surface area contributed by atoms with Crippen molar-refractivity contribution in [3.8, 4) is 0 Å². The smallest absolute Gasteiger partial charge is 0.340 e. The molecule has 0 aliphatic carbocycles. The van der Waals surface area contributed by atoms with E-state index in [0.29, 0.717) is 19.4 Å². The highest BCUT2D eigenvalue weighted by molar-refractivity contribution is 7.46. The van der Waals surface area contributed by atoms with Crippen LogP contribution in [0.2, 0.25) is 0 Å². The van der Waals surface area contributed by atoms with Gasteiger partial charge in [-0.1, -0.05) is 50.5 Å². The number of rotatable bonds is 12. The predicted octanol–water partition coefficient (Wildman–Crippen LogP) is 4.23. The van der Waals surface area contributed by atoms with Gasteiger partial charge in [-0.2, -0.15) is 0 Å². The van der Waals surface area contributed by atoms with Gasteiger partial charge in [0.05, 0.1) is 6.10 Å². The minimum Gasteiger partial charge on any atom is -0.340 e. The van der Waals surface area contributed by atoms with Crippen molar-refractivity contribution in [2.75, 3.05) is 13.1 Å². The van der Waals surface area contributed by atoms with Crippen LogP contribution in [0.5, 0.6) is 0 Å². The summed E-state index contributed by atoms with van der Waals surface area (Å²) in [5.74, 6) is 0.0410. The molecule has 158 valence electrons. The second kappa shape index (κ2) is 11.7. The molecule has 2 N–H and O–H groups in total. The van der Waals surface area contributed by atoms with Crippen molar-refractivity contribution in [2.24, 2.45) is 0 Å². The van der Waals surface area contributed by atoms with E-state index in [4.69, 9.17) is 9.79 Å². The van der Waals surface area contributed by atoms with Crippen LogP contribution in [0.4, 0.5) is 0 Å². The molecule has 0 bridgehead atoms. The van der Waals surface area contributed by atoms with Crippen LogP contribution in [0.25, 0.3) is 0 Å². The van der Waals surface area contributed by atoms with Crippen molar-refractivity contribution in [3.63, 3.8) is 0 Å². The molecular weight excluding hydrogens is 377 g/mol. The molecule has 6 nitrogen and oxygen atoms in total. The number of aryl methyl sites for hydroxylation is 2. The van der Waals surface area contributed by atoms with Gasteiger partial charge in [-0.25, -0.2) is 4.57 Å². The Morgan fingerprint density at radius 1 is 1.07 bits per heavy atom. The first-order valence-electron chi connectivity index (χ1n) is 10.5. The largest absolute Gasteiger partial charge is 0.469 e. The number of likely N-dealkylation sites (tertiary alicyclic amines) is 1. The van der Waals surface area contributed by atoms with Crippen LogP contribution >= 0.6 is 7.82 Å². The molecule has 1 aromatic rings. The Balaban J connectivity index is 1.61. The van der Waals surface area contributed by atoms with Crippen molar-refractivity contribution >= 4 is 13.7 Å². The average molecular weight is 411 g/mol. The minimum absolute atomic E-state index is 0.0410. The van der Waals surface area contributed by atoms with Gasteiger partial charge < -0.3 is 14.7 Å². The quantitative estimate of drug-likeness (QED) is 0.397. The average Bonchev–Trinajstić information content (AvgIpc) is 3.10. The van der Waals surface area contributed by atoms with Gasteiger partial charge in [0.1, 0.15) is 0 Å². The van der Waals surface area contributed by atoms with Gasteiger partial charge in [-0.3, -0.25) is 9.32 Å². The van der Waals surface area contributed by atoms with E-state index in [9.17, 15) is 9.36 Å². The van der Waals surface area contributed by atoms with E-state index in [0.717, 1.165) is 25.7 Å². The predicted molar refractivity (Wildman–Crippen MR) is 110 cm³/mol. The second-order valence-electron chi connectivity index (χ2n) is 7.68. The van der Waals surface area contributed by atoms with E-state index < -0.39 is 13.9 Å². The highest BCUT2D eigenvalue weighted by Gasteiger charge is 2.31. The molecule has 0 unspecified atom stereocenters. The first-order chi connectivity index (χ1) is 13.4. The van der Waals surface area contributed by atoms with Gasteiger partial charge in [0, 0.05) is 19.5 Å². The van der Waals surface area contributed by atoms with E-state index in [-0.39, 0.29) is 12.5 Å². The minimum atomic E-state index is -4.48. The van der Waals surface area contributed by atoms with Crippen LogP contribution in [-0.2, 0) is 26.7 Å². The number of carbonyl (C=O) groups is 1. The van der Waals surface area contributed by atoms with Gasteiger partial charge in [-0.05, 0) is 49.7 Å². The number of hydrogen-bond donors (Lipinski definition) is 2. The molecule has 28 heavy (non-hydrogen) atoms. The lowest BCUT2D eigenvalue weighted by Crippen LogP contribution is -2.29. The third kappa shape index (κ3) is 8.87. The second-order valence-corrected chi connectivity index (χ2v) is 8.87. The standard InChI is InChI=1S/C21H34NO5P/c1-2-3-4-5-8-18-11-13-19(14-12-18)9-6-7-10-21(23)22-16-15-20(17-22)27-28(24,25)26/h11-14,20H,2-10,15-17H2,1H3,(H2,24,25,26)/t20-/m1/s1. The van der Waals surface area contributed by atoms with Crippen molar-refractivity contribution in [1.82, 2.24) is 4.90 Å². The SMILES string of the molecule is CCCCCCc1ccc(CCCCC(=O)N2CC[C@@H](OP(=O)(O)O)C2)cc1. The molecule has 0 radical (unpaired) electrons. The molecule has 7 heteroatoms. The highest BCUT2D eigenvalue weighted by atomic mass is 31.2. The van der Waals surface area contributed by atoms with Crippen LogP contribution in [0.1, 0.15) is 69.4 Å². The summed E-state index contributed by atoms with van der Waals surface area (Å²) in [6.07, 6.45) is 9.40. The molecule has 1 aliphatic heterocycles. The van der Waals surface area contributed by atoms with Gasteiger partial charge in [0.15, 0.2) is 0 Å². The van der Waals surface area contributed by atoms with E-state index in [1.165, 1.54) is 36.8 Å². The van der Waals surface area contributed by atoms with E-state index in [1.807, 2.05) is 0 Å². The molecule has 0 aromatic heterocycles.